The Morgan fingerprint density at radius 1 is 1.45 bits per heavy atom. The Labute approximate surface area is 132 Å². The third-order valence-corrected chi connectivity index (χ3v) is 5.34. The summed E-state index contributed by atoms with van der Waals surface area (Å²) >= 11 is 5.66. The van der Waals surface area contributed by atoms with Crippen LogP contribution in [0, 0.1) is 12.7 Å². The molecule has 1 atom stereocenters. The fraction of sp³-hybridized carbons (Fsp3) is 0.385. The van der Waals surface area contributed by atoms with Gasteiger partial charge in [-0.15, -0.1) is 0 Å². The molecule has 0 fully saturated rings. The van der Waals surface area contributed by atoms with Crippen LogP contribution < -0.4 is 0 Å². The minimum atomic E-state index is -3.76. The molecule has 0 aliphatic rings. The maximum Gasteiger partial charge on any atom is 0.244 e. The van der Waals surface area contributed by atoms with Gasteiger partial charge in [0.2, 0.25) is 15.9 Å². The summed E-state index contributed by atoms with van der Waals surface area (Å²) < 4.78 is 44.6. The Kier molecular flexibility index (Phi) is 4.84. The molecule has 1 aromatic carbocycles. The van der Waals surface area contributed by atoms with Crippen molar-refractivity contribution >= 4 is 21.6 Å². The topological polar surface area (TPSA) is 76.3 Å². The van der Waals surface area contributed by atoms with Gasteiger partial charge in [0, 0.05) is 17.6 Å². The van der Waals surface area contributed by atoms with Gasteiger partial charge in [-0.2, -0.15) is 9.29 Å². The number of benzene rings is 1. The van der Waals surface area contributed by atoms with Crippen LogP contribution in [0.5, 0.6) is 0 Å². The number of aromatic nitrogens is 2. The van der Waals surface area contributed by atoms with Gasteiger partial charge >= 0.3 is 0 Å². The second kappa shape index (κ2) is 6.31. The van der Waals surface area contributed by atoms with Crippen molar-refractivity contribution in [3.05, 3.63) is 46.3 Å². The van der Waals surface area contributed by atoms with Gasteiger partial charge in [0.1, 0.15) is 11.9 Å². The van der Waals surface area contributed by atoms with Crippen molar-refractivity contribution < 1.29 is 17.3 Å². The summed E-state index contributed by atoms with van der Waals surface area (Å²) in [5.41, 5.74) is 0.0464. The van der Waals surface area contributed by atoms with Crippen LogP contribution >= 0.6 is 11.6 Å². The molecule has 1 unspecified atom stereocenters. The summed E-state index contributed by atoms with van der Waals surface area (Å²) in [7, 11) is -2.38. The molecule has 22 heavy (non-hydrogen) atoms. The minimum absolute atomic E-state index is 0.0464. The first-order valence-corrected chi connectivity index (χ1v) is 8.39. The Morgan fingerprint density at radius 2 is 2.14 bits per heavy atom. The van der Waals surface area contributed by atoms with E-state index in [0.717, 1.165) is 10.4 Å². The van der Waals surface area contributed by atoms with Gasteiger partial charge in [-0.3, -0.25) is 0 Å². The lowest BCUT2D eigenvalue weighted by molar-refractivity contribution is 0.289. The molecule has 2 aromatic rings. The Bertz CT molecular complexity index is 779. The number of nitrogens with zero attached hydrogens (tertiary/aromatic N) is 3. The summed E-state index contributed by atoms with van der Waals surface area (Å²) in [6, 6.07) is 3.23. The van der Waals surface area contributed by atoms with E-state index in [9.17, 15) is 12.8 Å². The molecule has 0 amide bonds. The highest BCUT2D eigenvalue weighted by atomic mass is 35.5. The molecular formula is C13H15ClFN3O3S. The Balaban J connectivity index is 2.22. The van der Waals surface area contributed by atoms with E-state index >= 15 is 0 Å². The molecule has 1 aromatic heterocycles. The van der Waals surface area contributed by atoms with Crippen LogP contribution in [0.25, 0.3) is 0 Å². The average Bonchev–Trinajstić information content (AvgIpc) is 2.87. The maximum atomic E-state index is 13.8. The molecule has 0 saturated carbocycles. The zero-order valence-corrected chi connectivity index (χ0v) is 13.8. The van der Waals surface area contributed by atoms with Crippen molar-refractivity contribution in [3.8, 4) is 0 Å². The van der Waals surface area contributed by atoms with Crippen molar-refractivity contribution in [1.29, 1.82) is 0 Å². The second-order valence-electron chi connectivity index (χ2n) is 4.86. The van der Waals surface area contributed by atoms with Crippen LogP contribution in [-0.2, 0) is 15.8 Å². The van der Waals surface area contributed by atoms with Crippen molar-refractivity contribution in [2.24, 2.45) is 0 Å². The van der Waals surface area contributed by atoms with E-state index < -0.39 is 27.6 Å². The van der Waals surface area contributed by atoms with Crippen molar-refractivity contribution in [3.63, 3.8) is 0 Å². The molecule has 9 heteroatoms. The summed E-state index contributed by atoms with van der Waals surface area (Å²) in [6.45, 7) is 3.25. The molecule has 0 radical (unpaired) electrons. The van der Waals surface area contributed by atoms with Gasteiger partial charge in [-0.25, -0.2) is 12.8 Å². The first-order valence-electron chi connectivity index (χ1n) is 6.40. The van der Waals surface area contributed by atoms with Crippen LogP contribution in [-0.4, -0.2) is 29.9 Å². The predicted octanol–water partition coefficient (Wildman–Crippen LogP) is 2.69. The Morgan fingerprint density at radius 3 is 2.68 bits per heavy atom. The van der Waals surface area contributed by atoms with E-state index in [4.69, 9.17) is 16.1 Å². The van der Waals surface area contributed by atoms with E-state index in [1.807, 2.05) is 0 Å². The molecule has 120 valence electrons. The highest BCUT2D eigenvalue weighted by Crippen LogP contribution is 2.24. The lowest BCUT2D eigenvalue weighted by Gasteiger charge is -2.21. The predicted molar refractivity (Wildman–Crippen MR) is 79.2 cm³/mol. The summed E-state index contributed by atoms with van der Waals surface area (Å²) in [5, 5.41) is 3.84. The third-order valence-electron chi connectivity index (χ3n) is 3.24. The Hall–Kier alpha value is -1.51. The smallest absolute Gasteiger partial charge is 0.244 e. The number of aryl methyl sites for hydroxylation is 1. The largest absolute Gasteiger partial charge is 0.338 e. The van der Waals surface area contributed by atoms with E-state index in [-0.39, 0.29) is 16.5 Å². The number of sulfonamides is 1. The van der Waals surface area contributed by atoms with Crippen LogP contribution in [0.15, 0.2) is 22.7 Å². The normalized spacial score (nSPS) is 13.5. The SMILES string of the molecule is Cc1noc(C(C)N(C)S(=O)(=O)Cc2ccc(Cl)cc2F)n1. The van der Waals surface area contributed by atoms with Crippen LogP contribution in [0.3, 0.4) is 0 Å². The van der Waals surface area contributed by atoms with Gasteiger partial charge in [-0.1, -0.05) is 22.8 Å². The lowest BCUT2D eigenvalue weighted by Crippen LogP contribution is -2.31. The van der Waals surface area contributed by atoms with Crippen LogP contribution in [0.2, 0.25) is 5.02 Å². The molecule has 1 heterocycles. The van der Waals surface area contributed by atoms with E-state index in [2.05, 4.69) is 10.1 Å². The molecule has 0 N–H and O–H groups in total. The van der Waals surface area contributed by atoms with Crippen molar-refractivity contribution in [1.82, 2.24) is 14.4 Å². The van der Waals surface area contributed by atoms with Gasteiger partial charge in [0.05, 0.1) is 5.75 Å². The maximum absolute atomic E-state index is 13.8. The monoisotopic (exact) mass is 347 g/mol. The number of halogens is 2. The van der Waals surface area contributed by atoms with Crippen LogP contribution in [0.1, 0.15) is 30.2 Å². The van der Waals surface area contributed by atoms with Gasteiger partial charge in [-0.05, 0) is 26.0 Å². The quantitative estimate of drug-likeness (QED) is 0.831. The summed E-state index contributed by atoms with van der Waals surface area (Å²) in [5.74, 6) is -0.549. The van der Waals surface area contributed by atoms with Crippen molar-refractivity contribution in [2.45, 2.75) is 25.6 Å². The molecule has 0 saturated heterocycles. The minimum Gasteiger partial charge on any atom is -0.338 e. The highest BCUT2D eigenvalue weighted by Gasteiger charge is 2.29. The summed E-state index contributed by atoms with van der Waals surface area (Å²) in [4.78, 5) is 4.01. The second-order valence-corrected chi connectivity index (χ2v) is 7.33. The highest BCUT2D eigenvalue weighted by molar-refractivity contribution is 7.88. The van der Waals surface area contributed by atoms with Crippen molar-refractivity contribution in [2.75, 3.05) is 7.05 Å². The zero-order valence-electron chi connectivity index (χ0n) is 12.2. The number of hydrogen-bond acceptors (Lipinski definition) is 5. The average molecular weight is 348 g/mol. The number of hydrogen-bond donors (Lipinski definition) is 0. The van der Waals surface area contributed by atoms with Gasteiger partial charge in [0.25, 0.3) is 0 Å². The first-order chi connectivity index (χ1) is 10.2. The fourth-order valence-electron chi connectivity index (χ4n) is 1.82. The third kappa shape index (κ3) is 3.63. The lowest BCUT2D eigenvalue weighted by atomic mass is 10.2. The number of rotatable bonds is 5. The molecule has 2 rings (SSSR count). The molecule has 0 spiro atoms. The van der Waals surface area contributed by atoms with Gasteiger partial charge in [0.15, 0.2) is 5.82 Å². The van der Waals surface area contributed by atoms with Crippen LogP contribution in [0.4, 0.5) is 4.39 Å². The van der Waals surface area contributed by atoms with E-state index in [0.29, 0.717) is 5.82 Å². The summed E-state index contributed by atoms with van der Waals surface area (Å²) in [6.07, 6.45) is 0. The van der Waals surface area contributed by atoms with E-state index in [1.165, 1.54) is 19.2 Å². The molecule has 0 aliphatic heterocycles. The first kappa shape index (κ1) is 16.9. The molecule has 0 bridgehead atoms. The van der Waals surface area contributed by atoms with Gasteiger partial charge < -0.3 is 4.52 Å². The molecule has 0 aliphatic carbocycles. The molecule has 6 nitrogen and oxygen atoms in total. The zero-order chi connectivity index (χ0) is 16.5. The van der Waals surface area contributed by atoms with E-state index in [1.54, 1.807) is 13.8 Å². The fourth-order valence-corrected chi connectivity index (χ4v) is 3.38. The molecular weight excluding hydrogens is 333 g/mol. The standard InChI is InChI=1S/C13H15ClFN3O3S/c1-8(13-16-9(2)17-21-13)18(3)22(19,20)7-10-4-5-11(14)6-12(10)15/h4-6,8H,7H2,1-3H3.